The fraction of sp³-hybridized carbons (Fsp3) is 0.571. The lowest BCUT2D eigenvalue weighted by Crippen LogP contribution is -2.13. The number of hydrogen-bond acceptors (Lipinski definition) is 3. The molecule has 5 heteroatoms. The fourth-order valence-corrected chi connectivity index (χ4v) is 0.978. The zero-order valence-corrected chi connectivity index (χ0v) is 6.82. The van der Waals surface area contributed by atoms with E-state index in [2.05, 4.69) is 15.6 Å². The van der Waals surface area contributed by atoms with Crippen LogP contribution >= 0.6 is 0 Å². The van der Waals surface area contributed by atoms with E-state index in [9.17, 15) is 4.79 Å². The molecule has 0 saturated heterocycles. The van der Waals surface area contributed by atoms with Crippen LogP contribution in [-0.4, -0.2) is 20.9 Å². The highest BCUT2D eigenvalue weighted by Gasteiger charge is 2.29. The Balaban J connectivity index is 1.98. The summed E-state index contributed by atoms with van der Waals surface area (Å²) in [4.78, 5) is 11.2. The van der Waals surface area contributed by atoms with E-state index in [0.717, 1.165) is 12.8 Å². The van der Waals surface area contributed by atoms with Crippen molar-refractivity contribution in [3.63, 3.8) is 0 Å². The minimum absolute atomic E-state index is 0.0653. The molecule has 0 aliphatic heterocycles. The van der Waals surface area contributed by atoms with Crippen LogP contribution in [0.5, 0.6) is 0 Å². The molecule has 0 unspecified atom stereocenters. The second-order valence-corrected chi connectivity index (χ2v) is 3.04. The summed E-state index contributed by atoms with van der Waals surface area (Å²) in [5.41, 5.74) is 0. The lowest BCUT2D eigenvalue weighted by Gasteiger charge is -1.96. The molecule has 12 heavy (non-hydrogen) atoms. The predicted molar refractivity (Wildman–Crippen MR) is 42.4 cm³/mol. The Morgan fingerprint density at radius 1 is 1.75 bits per heavy atom. The molecule has 1 saturated carbocycles. The van der Waals surface area contributed by atoms with Gasteiger partial charge in [-0.3, -0.25) is 9.48 Å². The second kappa shape index (κ2) is 2.58. The van der Waals surface area contributed by atoms with E-state index in [1.807, 2.05) is 0 Å². The quantitative estimate of drug-likeness (QED) is 0.681. The molecule has 0 radical (unpaired) electrons. The molecule has 1 aliphatic carbocycles. The van der Waals surface area contributed by atoms with Crippen molar-refractivity contribution in [1.29, 1.82) is 0 Å². The number of aryl methyl sites for hydroxylation is 1. The molecule has 0 atom stereocenters. The van der Waals surface area contributed by atoms with E-state index in [1.165, 1.54) is 0 Å². The van der Waals surface area contributed by atoms with Crippen molar-refractivity contribution in [1.82, 2.24) is 15.0 Å². The molecule has 1 aromatic heterocycles. The van der Waals surface area contributed by atoms with E-state index in [0.29, 0.717) is 5.82 Å². The van der Waals surface area contributed by atoms with Crippen LogP contribution in [0.2, 0.25) is 0 Å². The zero-order valence-electron chi connectivity index (χ0n) is 6.82. The molecule has 1 fully saturated rings. The number of rotatable bonds is 2. The molecule has 0 aromatic carbocycles. The van der Waals surface area contributed by atoms with Crippen LogP contribution in [0.15, 0.2) is 6.20 Å². The van der Waals surface area contributed by atoms with Gasteiger partial charge in [0.1, 0.15) is 0 Å². The fourth-order valence-electron chi connectivity index (χ4n) is 0.978. The molecule has 1 aromatic rings. The van der Waals surface area contributed by atoms with Crippen molar-refractivity contribution in [2.75, 3.05) is 5.32 Å². The Morgan fingerprint density at radius 3 is 3.00 bits per heavy atom. The Labute approximate surface area is 69.8 Å². The first-order valence-corrected chi connectivity index (χ1v) is 3.93. The molecule has 2 rings (SSSR count). The maximum Gasteiger partial charge on any atom is 0.228 e. The Hall–Kier alpha value is -1.39. The number of hydrogen-bond donors (Lipinski definition) is 1. The minimum atomic E-state index is 0.0653. The van der Waals surface area contributed by atoms with Gasteiger partial charge in [-0.15, -0.1) is 5.10 Å². The van der Waals surface area contributed by atoms with Crippen molar-refractivity contribution in [3.05, 3.63) is 6.20 Å². The number of nitrogens with zero attached hydrogens (tertiary/aromatic N) is 3. The van der Waals surface area contributed by atoms with Gasteiger partial charge < -0.3 is 5.32 Å². The molecule has 1 amide bonds. The molecular formula is C7H10N4O. The van der Waals surface area contributed by atoms with E-state index in [-0.39, 0.29) is 11.8 Å². The highest BCUT2D eigenvalue weighted by molar-refractivity contribution is 5.92. The maximum absolute atomic E-state index is 11.2. The summed E-state index contributed by atoms with van der Waals surface area (Å²) in [7, 11) is 1.76. The molecule has 64 valence electrons. The van der Waals surface area contributed by atoms with Crippen molar-refractivity contribution in [2.45, 2.75) is 12.8 Å². The Bertz CT molecular complexity index is 302. The third kappa shape index (κ3) is 1.44. The van der Waals surface area contributed by atoms with Crippen molar-refractivity contribution < 1.29 is 4.79 Å². The van der Waals surface area contributed by atoms with Gasteiger partial charge in [-0.1, -0.05) is 5.21 Å². The summed E-state index contributed by atoms with van der Waals surface area (Å²) >= 11 is 0. The van der Waals surface area contributed by atoms with Gasteiger partial charge in [0.2, 0.25) is 5.91 Å². The number of carbonyl (C=O) groups is 1. The lowest BCUT2D eigenvalue weighted by molar-refractivity contribution is -0.117. The van der Waals surface area contributed by atoms with Crippen molar-refractivity contribution in [2.24, 2.45) is 13.0 Å². The Morgan fingerprint density at radius 2 is 2.50 bits per heavy atom. The monoisotopic (exact) mass is 166 g/mol. The highest BCUT2D eigenvalue weighted by Crippen LogP contribution is 2.29. The summed E-state index contributed by atoms with van der Waals surface area (Å²) in [6.45, 7) is 0. The summed E-state index contributed by atoms with van der Waals surface area (Å²) in [5.74, 6) is 0.817. The van der Waals surface area contributed by atoms with E-state index >= 15 is 0 Å². The first-order chi connectivity index (χ1) is 5.75. The first-order valence-electron chi connectivity index (χ1n) is 3.93. The molecule has 0 spiro atoms. The summed E-state index contributed by atoms with van der Waals surface area (Å²) in [6.07, 6.45) is 3.69. The van der Waals surface area contributed by atoms with Gasteiger partial charge in [-0.2, -0.15) is 0 Å². The third-order valence-electron chi connectivity index (χ3n) is 1.80. The van der Waals surface area contributed by atoms with Gasteiger partial charge in [0, 0.05) is 13.0 Å². The smallest absolute Gasteiger partial charge is 0.228 e. The van der Waals surface area contributed by atoms with Crippen molar-refractivity contribution >= 4 is 11.7 Å². The maximum atomic E-state index is 11.2. The van der Waals surface area contributed by atoms with E-state index in [1.54, 1.807) is 17.9 Å². The normalized spacial score (nSPS) is 16.1. The van der Waals surface area contributed by atoms with Gasteiger partial charge in [-0.25, -0.2) is 0 Å². The van der Waals surface area contributed by atoms with Crippen LogP contribution in [0.3, 0.4) is 0 Å². The van der Waals surface area contributed by atoms with Crippen molar-refractivity contribution in [3.8, 4) is 0 Å². The third-order valence-corrected chi connectivity index (χ3v) is 1.80. The van der Waals surface area contributed by atoms with Gasteiger partial charge in [0.15, 0.2) is 5.82 Å². The number of amides is 1. The summed E-state index contributed by atoms with van der Waals surface area (Å²) in [5, 5.41) is 10.1. The van der Waals surface area contributed by atoms with Crippen LogP contribution in [-0.2, 0) is 11.8 Å². The average molecular weight is 166 g/mol. The minimum Gasteiger partial charge on any atom is -0.308 e. The van der Waals surface area contributed by atoms with Crippen LogP contribution in [0.25, 0.3) is 0 Å². The van der Waals surface area contributed by atoms with Crippen LogP contribution < -0.4 is 5.32 Å². The topological polar surface area (TPSA) is 59.8 Å². The second-order valence-electron chi connectivity index (χ2n) is 3.04. The highest BCUT2D eigenvalue weighted by atomic mass is 16.2. The number of nitrogens with one attached hydrogen (secondary N) is 1. The standard InChI is InChI=1S/C7H10N4O/c1-11-4-6(9-10-11)8-7(12)5-2-3-5/h4-5H,2-3H2,1H3,(H,8,12). The molecule has 1 aliphatic rings. The Kier molecular flexibility index (Phi) is 1.56. The van der Waals surface area contributed by atoms with Gasteiger partial charge in [-0.05, 0) is 12.8 Å². The van der Waals surface area contributed by atoms with E-state index < -0.39 is 0 Å². The molecular weight excluding hydrogens is 156 g/mol. The summed E-state index contributed by atoms with van der Waals surface area (Å²) in [6, 6.07) is 0. The first kappa shape index (κ1) is 7.27. The molecule has 1 heterocycles. The summed E-state index contributed by atoms with van der Waals surface area (Å²) < 4.78 is 1.56. The molecule has 0 bridgehead atoms. The van der Waals surface area contributed by atoms with Gasteiger partial charge in [0.05, 0.1) is 6.20 Å². The lowest BCUT2D eigenvalue weighted by atomic mass is 10.4. The molecule has 5 nitrogen and oxygen atoms in total. The SMILES string of the molecule is Cn1cc(NC(=O)C2CC2)nn1. The van der Waals surface area contributed by atoms with Crippen LogP contribution in [0.1, 0.15) is 12.8 Å². The average Bonchev–Trinajstić information content (AvgIpc) is 2.78. The van der Waals surface area contributed by atoms with Gasteiger partial charge in [0.25, 0.3) is 0 Å². The largest absolute Gasteiger partial charge is 0.308 e. The zero-order chi connectivity index (χ0) is 8.55. The van der Waals surface area contributed by atoms with Crippen LogP contribution in [0.4, 0.5) is 5.82 Å². The molecule has 1 N–H and O–H groups in total. The predicted octanol–water partition coefficient (Wildman–Crippen LogP) is 0.164. The number of aromatic nitrogens is 3. The number of anilines is 1. The number of carbonyl (C=O) groups excluding carboxylic acids is 1. The van der Waals surface area contributed by atoms with E-state index in [4.69, 9.17) is 0 Å². The van der Waals surface area contributed by atoms with Crippen LogP contribution in [0, 0.1) is 5.92 Å². The van der Waals surface area contributed by atoms with Gasteiger partial charge >= 0.3 is 0 Å².